The third-order valence-electron chi connectivity index (χ3n) is 3.15. The normalized spacial score (nSPS) is 14.0. The summed E-state index contributed by atoms with van der Waals surface area (Å²) in [5.41, 5.74) is 0.270. The first-order chi connectivity index (χ1) is 8.96. The highest BCUT2D eigenvalue weighted by Gasteiger charge is 2.33. The van der Waals surface area contributed by atoms with Crippen LogP contribution in [0.15, 0.2) is 18.2 Å². The Morgan fingerprint density at radius 2 is 2.05 bits per heavy atom. The molecule has 0 radical (unpaired) electrons. The van der Waals surface area contributed by atoms with Gasteiger partial charge in [-0.1, -0.05) is 6.92 Å². The second kappa shape index (κ2) is 4.68. The zero-order valence-electron chi connectivity index (χ0n) is 10.6. The van der Waals surface area contributed by atoms with Crippen molar-refractivity contribution in [3.8, 4) is 0 Å². The number of carbonyl (C=O) groups excluding carboxylic acids is 1. The van der Waals surface area contributed by atoms with E-state index in [1.165, 1.54) is 6.92 Å². The number of amides is 1. The molecule has 1 atom stereocenters. The maximum atomic E-state index is 12.1. The smallest absolute Gasteiger partial charge is 0.329 e. The van der Waals surface area contributed by atoms with Gasteiger partial charge in [0.05, 0.1) is 0 Å². The molecule has 19 heavy (non-hydrogen) atoms. The van der Waals surface area contributed by atoms with E-state index in [-0.39, 0.29) is 0 Å². The summed E-state index contributed by atoms with van der Waals surface area (Å²) >= 11 is 0. The highest BCUT2D eigenvalue weighted by atomic mass is 16.4. The van der Waals surface area contributed by atoms with Crippen molar-refractivity contribution in [2.75, 3.05) is 0 Å². The van der Waals surface area contributed by atoms with Crippen LogP contribution in [0.1, 0.15) is 30.6 Å². The molecule has 0 saturated carbocycles. The molecule has 2 rings (SSSR count). The summed E-state index contributed by atoms with van der Waals surface area (Å²) in [7, 11) is 0. The van der Waals surface area contributed by atoms with Crippen LogP contribution in [-0.4, -0.2) is 37.9 Å². The number of nitrogens with one attached hydrogen (secondary N) is 2. The molecule has 0 spiro atoms. The number of fused-ring (bicyclic) bond motifs is 1. The van der Waals surface area contributed by atoms with Crippen molar-refractivity contribution in [3.63, 3.8) is 0 Å². The van der Waals surface area contributed by atoms with Gasteiger partial charge in [-0.3, -0.25) is 4.79 Å². The Labute approximate surface area is 109 Å². The Hall–Kier alpha value is -2.44. The standard InChI is InChI=1S/C12H14N4O3/c1-3-12(2,11(18)19)13-10(17)7-4-5-8-9(6-7)15-16-14-8/h4-6H,3H2,1-2H3,(H,13,17)(H,18,19)(H,14,15,16). The van der Waals surface area contributed by atoms with Crippen LogP contribution in [0.3, 0.4) is 0 Å². The van der Waals surface area contributed by atoms with Crippen LogP contribution >= 0.6 is 0 Å². The van der Waals surface area contributed by atoms with Gasteiger partial charge in [0.15, 0.2) is 0 Å². The van der Waals surface area contributed by atoms with Crippen LogP contribution in [0.2, 0.25) is 0 Å². The van der Waals surface area contributed by atoms with Crippen molar-refractivity contribution in [1.29, 1.82) is 0 Å². The van der Waals surface area contributed by atoms with Crippen LogP contribution in [0.25, 0.3) is 11.0 Å². The van der Waals surface area contributed by atoms with Crippen molar-refractivity contribution in [3.05, 3.63) is 23.8 Å². The number of hydrogen-bond donors (Lipinski definition) is 3. The van der Waals surface area contributed by atoms with Gasteiger partial charge in [-0.05, 0) is 31.5 Å². The lowest BCUT2D eigenvalue weighted by Gasteiger charge is -2.24. The van der Waals surface area contributed by atoms with Gasteiger partial charge in [0.1, 0.15) is 16.6 Å². The van der Waals surface area contributed by atoms with Gasteiger partial charge in [0, 0.05) is 5.56 Å². The zero-order valence-corrected chi connectivity index (χ0v) is 10.6. The molecule has 2 aromatic rings. The van der Waals surface area contributed by atoms with E-state index in [0.29, 0.717) is 23.0 Å². The number of nitrogens with zero attached hydrogens (tertiary/aromatic N) is 2. The average molecular weight is 262 g/mol. The Morgan fingerprint density at radius 3 is 2.68 bits per heavy atom. The fourth-order valence-corrected chi connectivity index (χ4v) is 1.60. The van der Waals surface area contributed by atoms with Crippen molar-refractivity contribution in [2.45, 2.75) is 25.8 Å². The number of hydrogen-bond acceptors (Lipinski definition) is 4. The number of aromatic amines is 1. The molecule has 3 N–H and O–H groups in total. The van der Waals surface area contributed by atoms with Gasteiger partial charge in [0.2, 0.25) is 0 Å². The number of benzene rings is 1. The molecule has 1 unspecified atom stereocenters. The lowest BCUT2D eigenvalue weighted by Crippen LogP contribution is -2.51. The summed E-state index contributed by atoms with van der Waals surface area (Å²) in [6.07, 6.45) is 0.292. The molecule has 0 bridgehead atoms. The molecule has 0 aliphatic heterocycles. The quantitative estimate of drug-likeness (QED) is 0.760. The van der Waals surface area contributed by atoms with E-state index in [1.807, 2.05) is 0 Å². The molecular formula is C12H14N4O3. The number of aromatic nitrogens is 3. The van der Waals surface area contributed by atoms with E-state index in [4.69, 9.17) is 5.11 Å². The zero-order chi connectivity index (χ0) is 14.0. The van der Waals surface area contributed by atoms with Crippen molar-refractivity contribution >= 4 is 22.9 Å². The maximum absolute atomic E-state index is 12.1. The Kier molecular flexibility index (Phi) is 3.20. The molecule has 0 saturated heterocycles. The molecule has 1 aromatic heterocycles. The van der Waals surface area contributed by atoms with Gasteiger partial charge in [-0.25, -0.2) is 4.79 Å². The van der Waals surface area contributed by atoms with E-state index in [2.05, 4.69) is 20.7 Å². The van der Waals surface area contributed by atoms with Gasteiger partial charge < -0.3 is 10.4 Å². The van der Waals surface area contributed by atoms with Crippen LogP contribution in [-0.2, 0) is 4.79 Å². The highest BCUT2D eigenvalue weighted by Crippen LogP contribution is 2.14. The van der Waals surface area contributed by atoms with E-state index in [1.54, 1.807) is 25.1 Å². The summed E-state index contributed by atoms with van der Waals surface area (Å²) in [5.74, 6) is -1.51. The van der Waals surface area contributed by atoms with Gasteiger partial charge in [-0.2, -0.15) is 15.4 Å². The topological polar surface area (TPSA) is 108 Å². The Morgan fingerprint density at radius 1 is 1.37 bits per heavy atom. The number of H-pyrrole nitrogens is 1. The first-order valence-corrected chi connectivity index (χ1v) is 5.82. The second-order valence-corrected chi connectivity index (χ2v) is 4.47. The minimum atomic E-state index is -1.28. The molecular weight excluding hydrogens is 248 g/mol. The summed E-state index contributed by atoms with van der Waals surface area (Å²) in [6.45, 7) is 3.18. The number of carboxylic acid groups (broad SMARTS) is 1. The number of aliphatic carboxylic acids is 1. The number of rotatable bonds is 4. The Bertz CT molecular complexity index is 637. The first kappa shape index (κ1) is 13.0. The number of carbonyl (C=O) groups is 2. The molecule has 7 nitrogen and oxygen atoms in total. The maximum Gasteiger partial charge on any atom is 0.329 e. The van der Waals surface area contributed by atoms with E-state index in [0.717, 1.165) is 0 Å². The predicted molar refractivity (Wildman–Crippen MR) is 67.7 cm³/mol. The van der Waals surface area contributed by atoms with Crippen molar-refractivity contribution < 1.29 is 14.7 Å². The van der Waals surface area contributed by atoms with Crippen molar-refractivity contribution in [1.82, 2.24) is 20.7 Å². The minimum Gasteiger partial charge on any atom is -0.480 e. The summed E-state index contributed by atoms with van der Waals surface area (Å²) in [6, 6.07) is 4.79. The first-order valence-electron chi connectivity index (χ1n) is 5.82. The summed E-state index contributed by atoms with van der Waals surface area (Å²) in [4.78, 5) is 23.2. The largest absolute Gasteiger partial charge is 0.480 e. The van der Waals surface area contributed by atoms with Crippen LogP contribution in [0.4, 0.5) is 0 Å². The SMILES string of the molecule is CCC(C)(NC(=O)c1ccc2n[nH]nc2c1)C(=O)O. The fraction of sp³-hybridized carbons (Fsp3) is 0.333. The summed E-state index contributed by atoms with van der Waals surface area (Å²) in [5, 5.41) is 21.9. The molecule has 1 amide bonds. The highest BCUT2D eigenvalue weighted by molar-refractivity contribution is 5.99. The third-order valence-corrected chi connectivity index (χ3v) is 3.15. The molecule has 1 aromatic carbocycles. The molecule has 7 heteroatoms. The van der Waals surface area contributed by atoms with Crippen LogP contribution in [0, 0.1) is 0 Å². The second-order valence-electron chi connectivity index (χ2n) is 4.47. The lowest BCUT2D eigenvalue weighted by molar-refractivity contribution is -0.143. The van der Waals surface area contributed by atoms with Crippen LogP contribution in [0.5, 0.6) is 0 Å². The monoisotopic (exact) mass is 262 g/mol. The fourth-order valence-electron chi connectivity index (χ4n) is 1.60. The summed E-state index contributed by atoms with van der Waals surface area (Å²) < 4.78 is 0. The minimum absolute atomic E-state index is 0.292. The molecule has 0 aliphatic carbocycles. The Balaban J connectivity index is 2.26. The molecule has 100 valence electrons. The van der Waals surface area contributed by atoms with Gasteiger partial charge in [0.25, 0.3) is 5.91 Å². The van der Waals surface area contributed by atoms with Gasteiger partial charge in [-0.15, -0.1) is 0 Å². The average Bonchev–Trinajstić information content (AvgIpc) is 2.85. The van der Waals surface area contributed by atoms with E-state index < -0.39 is 17.4 Å². The lowest BCUT2D eigenvalue weighted by atomic mass is 9.98. The number of carboxylic acids is 1. The van der Waals surface area contributed by atoms with E-state index >= 15 is 0 Å². The third kappa shape index (κ3) is 2.40. The molecule has 1 heterocycles. The van der Waals surface area contributed by atoms with Crippen molar-refractivity contribution in [2.24, 2.45) is 0 Å². The van der Waals surface area contributed by atoms with E-state index in [9.17, 15) is 9.59 Å². The molecule has 0 aliphatic rings. The van der Waals surface area contributed by atoms with Gasteiger partial charge >= 0.3 is 5.97 Å². The molecule has 0 fully saturated rings. The predicted octanol–water partition coefficient (Wildman–Crippen LogP) is 0.941. The van der Waals surface area contributed by atoms with Crippen LogP contribution < -0.4 is 5.32 Å².